The molecule has 1 aliphatic heterocycles. The molecule has 8 heteroatoms. The quantitative estimate of drug-likeness (QED) is 0.870. The lowest BCUT2D eigenvalue weighted by Crippen LogP contribution is -2.24. The van der Waals surface area contributed by atoms with Crippen molar-refractivity contribution in [2.45, 2.75) is 19.3 Å². The molecule has 1 atom stereocenters. The molecule has 3 rings (SSSR count). The van der Waals surface area contributed by atoms with Crippen LogP contribution < -0.4 is 14.8 Å². The van der Waals surface area contributed by atoms with E-state index in [-0.39, 0.29) is 23.5 Å². The Morgan fingerprint density at radius 1 is 1.32 bits per heavy atom. The predicted molar refractivity (Wildman–Crippen MR) is 97.9 cm³/mol. The van der Waals surface area contributed by atoms with Crippen molar-refractivity contribution in [2.24, 2.45) is 15.9 Å². The highest BCUT2D eigenvalue weighted by atomic mass is 32.2. The summed E-state index contributed by atoms with van der Waals surface area (Å²) in [6, 6.07) is 5.16. The van der Waals surface area contributed by atoms with E-state index in [1.807, 2.05) is 0 Å². The van der Waals surface area contributed by atoms with Crippen molar-refractivity contribution < 1.29 is 19.1 Å². The second kappa shape index (κ2) is 7.69. The summed E-state index contributed by atoms with van der Waals surface area (Å²) in [5.74, 6) is 0.746. The maximum atomic E-state index is 12.2. The Hall–Kier alpha value is -2.35. The van der Waals surface area contributed by atoms with Gasteiger partial charge in [-0.25, -0.2) is 4.99 Å². The fourth-order valence-electron chi connectivity index (χ4n) is 2.84. The molecule has 1 fully saturated rings. The first-order chi connectivity index (χ1) is 12.1. The number of hydrogen-bond donors (Lipinski definition) is 1. The van der Waals surface area contributed by atoms with E-state index in [9.17, 15) is 9.59 Å². The lowest BCUT2D eigenvalue weighted by molar-refractivity contribution is -0.119. The molecule has 0 radical (unpaired) electrons. The van der Waals surface area contributed by atoms with Crippen LogP contribution in [0.15, 0.2) is 28.2 Å². The number of rotatable bonds is 5. The van der Waals surface area contributed by atoms with E-state index in [0.717, 1.165) is 36.7 Å². The maximum Gasteiger partial charge on any atom is 0.256 e. The van der Waals surface area contributed by atoms with E-state index in [0.29, 0.717) is 22.4 Å². The third-order valence-electron chi connectivity index (χ3n) is 4.08. The fraction of sp³-hybridized carbons (Fsp3) is 0.412. The molecule has 0 saturated heterocycles. The molecule has 1 aromatic rings. The number of carbonyl (C=O) groups is 2. The zero-order chi connectivity index (χ0) is 17.8. The molecular weight excluding hydrogens is 342 g/mol. The molecular formula is C17H19N3O4S. The minimum Gasteiger partial charge on any atom is -0.497 e. The molecule has 1 aromatic carbocycles. The summed E-state index contributed by atoms with van der Waals surface area (Å²) >= 11 is 1.16. The molecule has 1 heterocycles. The van der Waals surface area contributed by atoms with Crippen molar-refractivity contribution in [3.05, 3.63) is 18.2 Å². The number of ether oxygens (including phenoxy) is 2. The van der Waals surface area contributed by atoms with Crippen LogP contribution in [-0.2, 0) is 9.59 Å². The van der Waals surface area contributed by atoms with Crippen molar-refractivity contribution in [3.8, 4) is 11.5 Å². The lowest BCUT2D eigenvalue weighted by atomic mass is 10.1. The van der Waals surface area contributed by atoms with Crippen LogP contribution in [0.2, 0.25) is 0 Å². The van der Waals surface area contributed by atoms with Crippen LogP contribution in [0, 0.1) is 5.92 Å². The van der Waals surface area contributed by atoms with Gasteiger partial charge in [-0.1, -0.05) is 11.8 Å². The van der Waals surface area contributed by atoms with Crippen molar-refractivity contribution in [2.75, 3.05) is 25.3 Å². The number of nitrogens with one attached hydrogen (secondary N) is 1. The van der Waals surface area contributed by atoms with Crippen LogP contribution in [0.1, 0.15) is 19.3 Å². The Morgan fingerprint density at radius 3 is 2.92 bits per heavy atom. The summed E-state index contributed by atoms with van der Waals surface area (Å²) in [7, 11) is 3.08. The number of amidine groups is 1. The topological polar surface area (TPSA) is 89.4 Å². The first-order valence-electron chi connectivity index (χ1n) is 7.95. The third-order valence-corrected chi connectivity index (χ3v) is 4.93. The van der Waals surface area contributed by atoms with Gasteiger partial charge in [-0.2, -0.15) is 4.99 Å². The van der Waals surface area contributed by atoms with Gasteiger partial charge in [0.25, 0.3) is 5.91 Å². The molecule has 0 bridgehead atoms. The first kappa shape index (κ1) is 17.5. The molecule has 1 unspecified atom stereocenters. The van der Waals surface area contributed by atoms with Crippen molar-refractivity contribution in [1.82, 2.24) is 0 Å². The van der Waals surface area contributed by atoms with Crippen molar-refractivity contribution in [3.63, 3.8) is 0 Å². The van der Waals surface area contributed by atoms with Crippen molar-refractivity contribution in [1.29, 1.82) is 0 Å². The summed E-state index contributed by atoms with van der Waals surface area (Å²) < 4.78 is 10.4. The highest BCUT2D eigenvalue weighted by Gasteiger charge is 2.32. The van der Waals surface area contributed by atoms with Gasteiger partial charge in [-0.05, 0) is 31.4 Å². The normalized spacial score (nSPS) is 19.0. The molecule has 25 heavy (non-hydrogen) atoms. The molecule has 2 aliphatic rings. The van der Waals surface area contributed by atoms with Crippen LogP contribution in [0.5, 0.6) is 11.5 Å². The minimum absolute atomic E-state index is 0.105. The summed E-state index contributed by atoms with van der Waals surface area (Å²) in [5.41, 5.74) is 1.42. The molecule has 0 spiro atoms. The Balaban J connectivity index is 1.61. The third kappa shape index (κ3) is 4.01. The predicted octanol–water partition coefficient (Wildman–Crippen LogP) is 2.51. The van der Waals surface area contributed by atoms with Crippen LogP contribution in [0.25, 0.3) is 0 Å². The molecule has 132 valence electrons. The Bertz CT molecular complexity index is 760. The summed E-state index contributed by atoms with van der Waals surface area (Å²) in [5, 5.41) is 3.15. The zero-order valence-electron chi connectivity index (χ0n) is 14.1. The van der Waals surface area contributed by atoms with E-state index in [2.05, 4.69) is 15.3 Å². The first-order valence-corrected chi connectivity index (χ1v) is 8.94. The van der Waals surface area contributed by atoms with Gasteiger partial charge in [0.15, 0.2) is 5.17 Å². The SMILES string of the molecule is COc1ccc(OC)c(NC(=O)CSC2=NC(=O)C3CCCC3=N2)c1. The number of thioether (sulfide) groups is 1. The largest absolute Gasteiger partial charge is 0.497 e. The number of nitrogens with zero attached hydrogens (tertiary/aromatic N) is 2. The van der Waals surface area contributed by atoms with Crippen LogP contribution in [0.4, 0.5) is 5.69 Å². The highest BCUT2D eigenvalue weighted by molar-refractivity contribution is 8.14. The van der Waals surface area contributed by atoms with Gasteiger partial charge in [-0.3, -0.25) is 9.59 Å². The summed E-state index contributed by atoms with van der Waals surface area (Å²) in [6.07, 6.45) is 2.64. The van der Waals surface area contributed by atoms with Gasteiger partial charge >= 0.3 is 0 Å². The van der Waals surface area contributed by atoms with Gasteiger partial charge in [0.1, 0.15) is 11.5 Å². The number of amides is 2. The van der Waals surface area contributed by atoms with Gasteiger partial charge in [0.2, 0.25) is 5.91 Å². The van der Waals surface area contributed by atoms with Crippen LogP contribution in [-0.4, -0.2) is 42.7 Å². The smallest absolute Gasteiger partial charge is 0.256 e. The monoisotopic (exact) mass is 361 g/mol. The molecule has 7 nitrogen and oxygen atoms in total. The summed E-state index contributed by atoms with van der Waals surface area (Å²) in [4.78, 5) is 32.6. The molecule has 1 N–H and O–H groups in total. The van der Waals surface area contributed by atoms with Gasteiger partial charge in [-0.15, -0.1) is 0 Å². The number of aliphatic imine (C=N–C) groups is 2. The second-order valence-corrected chi connectivity index (χ2v) is 6.63. The van der Waals surface area contributed by atoms with Crippen LogP contribution >= 0.6 is 11.8 Å². The Morgan fingerprint density at radius 2 is 2.16 bits per heavy atom. The van der Waals surface area contributed by atoms with Gasteiger partial charge in [0, 0.05) is 11.8 Å². The number of anilines is 1. The minimum atomic E-state index is -0.236. The summed E-state index contributed by atoms with van der Waals surface area (Å²) in [6.45, 7) is 0. The van der Waals surface area contributed by atoms with E-state index < -0.39 is 0 Å². The van der Waals surface area contributed by atoms with E-state index in [1.54, 1.807) is 25.3 Å². The molecule has 1 saturated carbocycles. The number of carbonyl (C=O) groups excluding carboxylic acids is 2. The van der Waals surface area contributed by atoms with E-state index >= 15 is 0 Å². The molecule has 2 amide bonds. The fourth-order valence-corrected chi connectivity index (χ4v) is 3.51. The maximum absolute atomic E-state index is 12.2. The van der Waals surface area contributed by atoms with Crippen LogP contribution in [0.3, 0.4) is 0 Å². The lowest BCUT2D eigenvalue weighted by Gasteiger charge is -2.14. The average Bonchev–Trinajstić information content (AvgIpc) is 3.09. The van der Waals surface area contributed by atoms with Gasteiger partial charge < -0.3 is 14.8 Å². The molecule has 1 aliphatic carbocycles. The second-order valence-electron chi connectivity index (χ2n) is 5.68. The average molecular weight is 361 g/mol. The van der Waals surface area contributed by atoms with Gasteiger partial charge in [0.05, 0.1) is 31.6 Å². The number of methoxy groups -OCH3 is 2. The van der Waals surface area contributed by atoms with Crippen molar-refractivity contribution >= 4 is 40.1 Å². The highest BCUT2D eigenvalue weighted by Crippen LogP contribution is 2.30. The molecule has 0 aromatic heterocycles. The number of benzene rings is 1. The number of fused-ring (bicyclic) bond motifs is 1. The Kier molecular flexibility index (Phi) is 5.37. The zero-order valence-corrected chi connectivity index (χ0v) is 14.9. The number of hydrogen-bond acceptors (Lipinski definition) is 6. The van der Waals surface area contributed by atoms with E-state index in [4.69, 9.17) is 9.47 Å². The standard InChI is InChI=1S/C17H19N3O4S/c1-23-10-6-7-14(24-2)13(8-10)18-15(21)9-25-17-19-12-5-3-4-11(12)16(22)20-17/h6-8,11H,3-5,9H2,1-2H3,(H,18,21). The van der Waals surface area contributed by atoms with E-state index in [1.165, 1.54) is 7.11 Å². The Labute approximate surface area is 149 Å².